The van der Waals surface area contributed by atoms with Gasteiger partial charge in [-0.15, -0.1) is 0 Å². The minimum atomic E-state index is -0.592. The Morgan fingerprint density at radius 3 is 2.41 bits per heavy atom. The molecular weight excluding hydrogens is 216 g/mol. The van der Waals surface area contributed by atoms with Gasteiger partial charge in [-0.05, 0) is 44.2 Å². The number of ether oxygens (including phenoxy) is 1. The Balaban J connectivity index is 1.88. The summed E-state index contributed by atoms with van der Waals surface area (Å²) in [6, 6.07) is 0. The van der Waals surface area contributed by atoms with Crippen LogP contribution in [0.25, 0.3) is 0 Å². The predicted octanol–water partition coefficient (Wildman–Crippen LogP) is 1.06. The van der Waals surface area contributed by atoms with Crippen molar-refractivity contribution in [2.75, 3.05) is 26.7 Å². The Kier molecular flexibility index (Phi) is 3.73. The lowest BCUT2D eigenvalue weighted by molar-refractivity contribution is -0.147. The molecule has 0 aromatic heterocycles. The maximum atomic E-state index is 12.3. The SMILES string of the molecule is COC1(C(=O)NCC2(C)CCC2)CCNCC1. The van der Waals surface area contributed by atoms with Crippen LogP contribution >= 0.6 is 0 Å². The second-order valence-electron chi connectivity index (χ2n) is 5.80. The van der Waals surface area contributed by atoms with Gasteiger partial charge < -0.3 is 15.4 Å². The van der Waals surface area contributed by atoms with Gasteiger partial charge >= 0.3 is 0 Å². The number of amides is 1. The minimum Gasteiger partial charge on any atom is -0.368 e. The second kappa shape index (κ2) is 4.94. The largest absolute Gasteiger partial charge is 0.368 e. The van der Waals surface area contributed by atoms with Crippen LogP contribution in [0.4, 0.5) is 0 Å². The molecule has 0 bridgehead atoms. The third-order valence-electron chi connectivity index (χ3n) is 4.45. The van der Waals surface area contributed by atoms with E-state index < -0.39 is 5.60 Å². The van der Waals surface area contributed by atoms with E-state index in [0.29, 0.717) is 5.41 Å². The van der Waals surface area contributed by atoms with Crippen molar-refractivity contribution in [1.82, 2.24) is 10.6 Å². The van der Waals surface area contributed by atoms with Crippen LogP contribution in [-0.2, 0) is 9.53 Å². The number of rotatable bonds is 4. The van der Waals surface area contributed by atoms with E-state index in [1.807, 2.05) is 0 Å². The molecule has 4 nitrogen and oxygen atoms in total. The molecule has 0 aromatic carbocycles. The molecule has 0 atom stereocenters. The summed E-state index contributed by atoms with van der Waals surface area (Å²) in [6.45, 7) is 4.76. The number of nitrogens with one attached hydrogen (secondary N) is 2. The van der Waals surface area contributed by atoms with Gasteiger partial charge in [0.2, 0.25) is 0 Å². The molecule has 0 unspecified atom stereocenters. The first kappa shape index (κ1) is 12.8. The van der Waals surface area contributed by atoms with Gasteiger partial charge in [0, 0.05) is 13.7 Å². The fourth-order valence-electron chi connectivity index (χ4n) is 2.77. The molecule has 1 amide bonds. The highest BCUT2D eigenvalue weighted by molar-refractivity contribution is 5.85. The maximum absolute atomic E-state index is 12.3. The minimum absolute atomic E-state index is 0.0784. The molecule has 98 valence electrons. The van der Waals surface area contributed by atoms with Gasteiger partial charge in [-0.1, -0.05) is 13.3 Å². The zero-order valence-corrected chi connectivity index (χ0v) is 11.0. The first-order valence-electron chi connectivity index (χ1n) is 6.64. The molecular formula is C13H24N2O2. The van der Waals surface area contributed by atoms with Gasteiger partial charge in [0.15, 0.2) is 0 Å². The summed E-state index contributed by atoms with van der Waals surface area (Å²) in [4.78, 5) is 12.3. The van der Waals surface area contributed by atoms with Crippen LogP contribution in [0.2, 0.25) is 0 Å². The van der Waals surface area contributed by atoms with Crippen LogP contribution in [-0.4, -0.2) is 38.3 Å². The van der Waals surface area contributed by atoms with E-state index in [-0.39, 0.29) is 5.91 Å². The van der Waals surface area contributed by atoms with Gasteiger partial charge in [-0.3, -0.25) is 4.79 Å². The number of methoxy groups -OCH3 is 1. The van der Waals surface area contributed by atoms with Crippen LogP contribution < -0.4 is 10.6 Å². The molecule has 2 rings (SSSR count). The van der Waals surface area contributed by atoms with Gasteiger partial charge in [0.05, 0.1) is 0 Å². The molecule has 1 heterocycles. The smallest absolute Gasteiger partial charge is 0.252 e. The fraction of sp³-hybridized carbons (Fsp3) is 0.923. The topological polar surface area (TPSA) is 50.4 Å². The zero-order chi connectivity index (χ0) is 12.4. The van der Waals surface area contributed by atoms with E-state index in [1.165, 1.54) is 19.3 Å². The fourth-order valence-corrected chi connectivity index (χ4v) is 2.77. The lowest BCUT2D eigenvalue weighted by Gasteiger charge is -2.40. The highest BCUT2D eigenvalue weighted by Gasteiger charge is 2.41. The number of hydrogen-bond donors (Lipinski definition) is 2. The van der Waals surface area contributed by atoms with Gasteiger partial charge in [-0.2, -0.15) is 0 Å². The summed E-state index contributed by atoms with van der Waals surface area (Å²) in [7, 11) is 1.65. The highest BCUT2D eigenvalue weighted by Crippen LogP contribution is 2.39. The van der Waals surface area contributed by atoms with E-state index in [2.05, 4.69) is 17.6 Å². The molecule has 0 spiro atoms. The Bertz CT molecular complexity index is 281. The molecule has 1 aliphatic heterocycles. The Hall–Kier alpha value is -0.610. The number of piperidine rings is 1. The summed E-state index contributed by atoms with van der Waals surface area (Å²) in [5.74, 6) is 0.0784. The van der Waals surface area contributed by atoms with Gasteiger partial charge in [0.1, 0.15) is 5.60 Å². The molecule has 2 aliphatic rings. The first-order chi connectivity index (χ1) is 8.10. The molecule has 1 saturated carbocycles. The lowest BCUT2D eigenvalue weighted by atomic mass is 9.70. The van der Waals surface area contributed by atoms with Gasteiger partial charge in [-0.25, -0.2) is 0 Å². The normalized spacial score (nSPS) is 26.0. The van der Waals surface area contributed by atoms with Crippen molar-refractivity contribution in [3.05, 3.63) is 0 Å². The summed E-state index contributed by atoms with van der Waals surface area (Å²) in [6.07, 6.45) is 5.30. The van der Waals surface area contributed by atoms with Crippen molar-refractivity contribution >= 4 is 5.91 Å². The van der Waals surface area contributed by atoms with E-state index in [4.69, 9.17) is 4.74 Å². The van der Waals surface area contributed by atoms with Crippen LogP contribution in [0.1, 0.15) is 39.0 Å². The summed E-state index contributed by atoms with van der Waals surface area (Å²) < 4.78 is 5.51. The van der Waals surface area contributed by atoms with E-state index in [9.17, 15) is 4.79 Å². The van der Waals surface area contributed by atoms with Crippen molar-refractivity contribution in [2.24, 2.45) is 5.41 Å². The Morgan fingerprint density at radius 2 is 1.94 bits per heavy atom. The van der Waals surface area contributed by atoms with E-state index in [0.717, 1.165) is 32.5 Å². The number of carbonyl (C=O) groups excluding carboxylic acids is 1. The molecule has 2 fully saturated rings. The maximum Gasteiger partial charge on any atom is 0.252 e. The lowest BCUT2D eigenvalue weighted by Crippen LogP contribution is -2.55. The van der Waals surface area contributed by atoms with Crippen LogP contribution in [0.15, 0.2) is 0 Å². The Labute approximate surface area is 103 Å². The van der Waals surface area contributed by atoms with Crippen LogP contribution in [0.3, 0.4) is 0 Å². The standard InChI is InChI=1S/C13H24N2O2/c1-12(4-3-5-12)10-15-11(16)13(17-2)6-8-14-9-7-13/h14H,3-10H2,1-2H3,(H,15,16). The summed E-state index contributed by atoms with van der Waals surface area (Å²) in [5, 5.41) is 6.36. The molecule has 0 aromatic rings. The third kappa shape index (κ3) is 2.63. The van der Waals surface area contributed by atoms with Crippen molar-refractivity contribution in [2.45, 2.75) is 44.6 Å². The molecule has 2 N–H and O–H groups in total. The molecule has 0 radical (unpaired) electrons. The van der Waals surface area contributed by atoms with Crippen molar-refractivity contribution in [3.63, 3.8) is 0 Å². The predicted molar refractivity (Wildman–Crippen MR) is 66.8 cm³/mol. The van der Waals surface area contributed by atoms with Crippen LogP contribution in [0.5, 0.6) is 0 Å². The summed E-state index contributed by atoms with van der Waals surface area (Å²) in [5.41, 5.74) is -0.261. The molecule has 17 heavy (non-hydrogen) atoms. The third-order valence-corrected chi connectivity index (χ3v) is 4.45. The second-order valence-corrected chi connectivity index (χ2v) is 5.80. The quantitative estimate of drug-likeness (QED) is 0.772. The van der Waals surface area contributed by atoms with E-state index >= 15 is 0 Å². The molecule has 1 aliphatic carbocycles. The Morgan fingerprint density at radius 1 is 1.29 bits per heavy atom. The zero-order valence-electron chi connectivity index (χ0n) is 11.0. The number of hydrogen-bond acceptors (Lipinski definition) is 3. The van der Waals surface area contributed by atoms with Crippen molar-refractivity contribution < 1.29 is 9.53 Å². The van der Waals surface area contributed by atoms with Crippen molar-refractivity contribution in [3.8, 4) is 0 Å². The van der Waals surface area contributed by atoms with E-state index in [1.54, 1.807) is 7.11 Å². The van der Waals surface area contributed by atoms with Gasteiger partial charge in [0.25, 0.3) is 5.91 Å². The first-order valence-corrected chi connectivity index (χ1v) is 6.64. The van der Waals surface area contributed by atoms with Crippen molar-refractivity contribution in [1.29, 1.82) is 0 Å². The number of carbonyl (C=O) groups is 1. The average molecular weight is 240 g/mol. The van der Waals surface area contributed by atoms with Crippen LogP contribution in [0, 0.1) is 5.41 Å². The monoisotopic (exact) mass is 240 g/mol. The molecule has 1 saturated heterocycles. The molecule has 4 heteroatoms. The summed E-state index contributed by atoms with van der Waals surface area (Å²) >= 11 is 0. The highest BCUT2D eigenvalue weighted by atomic mass is 16.5. The average Bonchev–Trinajstić information content (AvgIpc) is 2.34.